The van der Waals surface area contributed by atoms with Gasteiger partial charge in [0.05, 0.1) is 34.2 Å². The molecule has 0 aliphatic carbocycles. The van der Waals surface area contributed by atoms with Crippen molar-refractivity contribution >= 4 is 28.7 Å². The number of aliphatic hydroxyl groups excluding tert-OH is 1. The summed E-state index contributed by atoms with van der Waals surface area (Å²) in [6.07, 6.45) is -0.498. The standard InChI is InChI=1S/C37H46ClN5O4/c1-21(2)25-14-10-11-15-27(25)30-29(38)17-28-32(37(9)20-39-23(5)18-42(37)35(46)47-36(6,7)8)41-34(45)43(33(28)40-30)31-24(19-44)13-12-16-26(31)22(3)4/h10-17,21-23,39,44H,18-20H2,1-9H3. The first-order valence-corrected chi connectivity index (χ1v) is 16.6. The van der Waals surface area contributed by atoms with Crippen molar-refractivity contribution in [2.45, 2.75) is 97.9 Å². The molecule has 2 unspecified atom stereocenters. The van der Waals surface area contributed by atoms with Gasteiger partial charge >= 0.3 is 11.8 Å². The fourth-order valence-electron chi connectivity index (χ4n) is 6.43. The SMILES string of the molecule is CC1CN(C(=O)OC(C)(C)C)C(C)(c2nc(=O)n(-c3c(CO)cccc3C(C)C)c3nc(-c4ccccc4C(C)C)c(Cl)cc23)CN1. The van der Waals surface area contributed by atoms with Crippen molar-refractivity contribution in [3.8, 4) is 16.9 Å². The normalized spacial score (nSPS) is 18.7. The van der Waals surface area contributed by atoms with Crippen LogP contribution >= 0.6 is 11.6 Å². The predicted molar refractivity (Wildman–Crippen MR) is 187 cm³/mol. The van der Waals surface area contributed by atoms with Gasteiger partial charge in [-0.25, -0.2) is 19.1 Å². The third-order valence-electron chi connectivity index (χ3n) is 8.80. The zero-order valence-corrected chi connectivity index (χ0v) is 29.6. The number of aliphatic hydroxyl groups is 1. The highest BCUT2D eigenvalue weighted by molar-refractivity contribution is 6.33. The molecule has 9 nitrogen and oxygen atoms in total. The number of halogens is 1. The molecule has 4 aromatic rings. The smallest absolute Gasteiger partial charge is 0.411 e. The molecule has 1 amide bonds. The van der Waals surface area contributed by atoms with Crippen molar-refractivity contribution in [2.24, 2.45) is 0 Å². The molecule has 0 spiro atoms. The zero-order valence-electron chi connectivity index (χ0n) is 28.8. The van der Waals surface area contributed by atoms with Crippen LogP contribution in [-0.2, 0) is 16.9 Å². The van der Waals surface area contributed by atoms with Gasteiger partial charge in [-0.15, -0.1) is 0 Å². The van der Waals surface area contributed by atoms with Crippen LogP contribution in [0.25, 0.3) is 28.0 Å². The van der Waals surface area contributed by atoms with E-state index in [9.17, 15) is 14.7 Å². The summed E-state index contributed by atoms with van der Waals surface area (Å²) in [6.45, 7) is 18.0. The highest BCUT2D eigenvalue weighted by atomic mass is 35.5. The van der Waals surface area contributed by atoms with Crippen molar-refractivity contribution in [2.75, 3.05) is 13.1 Å². The third kappa shape index (κ3) is 6.53. The van der Waals surface area contributed by atoms with Gasteiger partial charge in [-0.05, 0) is 63.6 Å². The molecule has 1 saturated heterocycles. The predicted octanol–water partition coefficient (Wildman–Crippen LogP) is 7.28. The Balaban J connectivity index is 1.91. The van der Waals surface area contributed by atoms with E-state index in [1.54, 1.807) is 11.0 Å². The molecular weight excluding hydrogens is 614 g/mol. The summed E-state index contributed by atoms with van der Waals surface area (Å²) in [7, 11) is 0. The lowest BCUT2D eigenvalue weighted by atomic mass is 9.89. The second-order valence-electron chi connectivity index (χ2n) is 14.3. The number of hydrogen-bond donors (Lipinski definition) is 2. The molecule has 2 N–H and O–H groups in total. The first kappa shape index (κ1) is 34.5. The number of nitrogens with zero attached hydrogens (tertiary/aromatic N) is 4. The van der Waals surface area contributed by atoms with Gasteiger partial charge in [0, 0.05) is 35.6 Å². The third-order valence-corrected chi connectivity index (χ3v) is 9.09. The van der Waals surface area contributed by atoms with E-state index in [0.717, 1.165) is 16.7 Å². The van der Waals surface area contributed by atoms with Gasteiger partial charge in [0.25, 0.3) is 0 Å². The fraction of sp³-hybridized carbons (Fsp3) is 0.459. The van der Waals surface area contributed by atoms with Gasteiger partial charge in [0.2, 0.25) is 0 Å². The highest BCUT2D eigenvalue weighted by Crippen LogP contribution is 2.40. The Labute approximate surface area is 282 Å². The quantitative estimate of drug-likeness (QED) is 0.224. The van der Waals surface area contributed by atoms with Gasteiger partial charge in [-0.3, -0.25) is 4.90 Å². The molecule has 2 aromatic carbocycles. The van der Waals surface area contributed by atoms with Crippen LogP contribution < -0.4 is 11.0 Å². The second-order valence-corrected chi connectivity index (χ2v) is 14.7. The molecular formula is C37H46ClN5O4. The second kappa shape index (κ2) is 13.0. The number of benzene rings is 2. The first-order valence-electron chi connectivity index (χ1n) is 16.3. The molecule has 2 aromatic heterocycles. The topological polar surface area (TPSA) is 110 Å². The Hall–Kier alpha value is -3.79. The van der Waals surface area contributed by atoms with E-state index < -0.39 is 22.9 Å². The lowest BCUT2D eigenvalue weighted by Gasteiger charge is -2.47. The Morgan fingerprint density at radius 3 is 2.38 bits per heavy atom. The van der Waals surface area contributed by atoms with Crippen LogP contribution in [0, 0.1) is 0 Å². The average Bonchev–Trinajstić information content (AvgIpc) is 3.00. The van der Waals surface area contributed by atoms with Crippen LogP contribution in [0.1, 0.15) is 96.5 Å². The summed E-state index contributed by atoms with van der Waals surface area (Å²) >= 11 is 7.12. The minimum absolute atomic E-state index is 0.0203. The molecule has 5 rings (SSSR count). The first-order chi connectivity index (χ1) is 22.1. The van der Waals surface area contributed by atoms with Crippen molar-refractivity contribution < 1.29 is 14.6 Å². The molecule has 3 heterocycles. The van der Waals surface area contributed by atoms with E-state index in [1.807, 2.05) is 84.9 Å². The van der Waals surface area contributed by atoms with Crippen LogP contribution in [-0.4, -0.2) is 55.4 Å². The number of aromatic nitrogens is 3. The summed E-state index contributed by atoms with van der Waals surface area (Å²) in [5.41, 5.74) is 2.76. The van der Waals surface area contributed by atoms with E-state index in [1.165, 1.54) is 4.57 Å². The molecule has 1 aliphatic rings. The number of carbonyl (C=O) groups excluding carboxylic acids is 1. The molecule has 10 heteroatoms. The number of rotatable bonds is 6. The number of piperazine rings is 1. The number of amides is 1. The Bertz CT molecular complexity index is 1880. The number of fused-ring (bicyclic) bond motifs is 1. The van der Waals surface area contributed by atoms with Crippen molar-refractivity contribution in [3.63, 3.8) is 0 Å². The lowest BCUT2D eigenvalue weighted by Crippen LogP contribution is -2.63. The largest absolute Gasteiger partial charge is 0.444 e. The molecule has 47 heavy (non-hydrogen) atoms. The van der Waals surface area contributed by atoms with Crippen LogP contribution in [0.2, 0.25) is 5.02 Å². The summed E-state index contributed by atoms with van der Waals surface area (Å²) in [4.78, 5) is 39.8. The number of pyridine rings is 1. The number of hydrogen-bond acceptors (Lipinski definition) is 7. The Kier molecular flexibility index (Phi) is 9.57. The zero-order chi connectivity index (χ0) is 34.4. The maximum atomic E-state index is 14.5. The fourth-order valence-corrected chi connectivity index (χ4v) is 6.68. The van der Waals surface area contributed by atoms with E-state index in [-0.39, 0.29) is 24.5 Å². The minimum atomic E-state index is -1.09. The summed E-state index contributed by atoms with van der Waals surface area (Å²) in [5, 5.41) is 14.9. The molecule has 1 fully saturated rings. The Morgan fingerprint density at radius 1 is 1.09 bits per heavy atom. The number of nitrogens with one attached hydrogen (secondary N) is 1. The van der Waals surface area contributed by atoms with Crippen LogP contribution in [0.15, 0.2) is 53.3 Å². The molecule has 2 atom stereocenters. The van der Waals surface area contributed by atoms with E-state index >= 15 is 0 Å². The highest BCUT2D eigenvalue weighted by Gasteiger charge is 2.46. The maximum Gasteiger partial charge on any atom is 0.411 e. The van der Waals surface area contributed by atoms with Crippen LogP contribution in [0.3, 0.4) is 0 Å². The Morgan fingerprint density at radius 2 is 1.74 bits per heavy atom. The summed E-state index contributed by atoms with van der Waals surface area (Å²) in [6, 6.07) is 15.4. The van der Waals surface area contributed by atoms with Gasteiger partial charge in [-0.2, -0.15) is 4.98 Å². The molecule has 0 bridgehead atoms. The van der Waals surface area contributed by atoms with Crippen molar-refractivity contribution in [1.82, 2.24) is 24.8 Å². The van der Waals surface area contributed by atoms with Crippen LogP contribution in [0.4, 0.5) is 4.79 Å². The lowest BCUT2D eigenvalue weighted by molar-refractivity contribution is -0.0148. The van der Waals surface area contributed by atoms with Gasteiger partial charge in [0.15, 0.2) is 5.65 Å². The van der Waals surface area contributed by atoms with Crippen molar-refractivity contribution in [3.05, 3.63) is 86.4 Å². The monoisotopic (exact) mass is 659 g/mol. The average molecular weight is 660 g/mol. The van der Waals surface area contributed by atoms with Crippen LogP contribution in [0.5, 0.6) is 0 Å². The van der Waals surface area contributed by atoms with Gasteiger partial charge < -0.3 is 15.2 Å². The number of carbonyl (C=O) groups is 1. The van der Waals surface area contributed by atoms with E-state index in [2.05, 4.69) is 25.2 Å². The minimum Gasteiger partial charge on any atom is -0.444 e. The van der Waals surface area contributed by atoms with Gasteiger partial charge in [0.1, 0.15) is 5.60 Å². The van der Waals surface area contributed by atoms with Crippen molar-refractivity contribution in [1.29, 1.82) is 0 Å². The molecule has 250 valence electrons. The number of ether oxygens (including phenoxy) is 1. The summed E-state index contributed by atoms with van der Waals surface area (Å²) in [5.74, 6) is 0.213. The number of para-hydroxylation sites is 1. The van der Waals surface area contributed by atoms with E-state index in [0.29, 0.717) is 51.8 Å². The summed E-state index contributed by atoms with van der Waals surface area (Å²) < 4.78 is 7.36. The molecule has 1 aliphatic heterocycles. The van der Waals surface area contributed by atoms with E-state index in [4.69, 9.17) is 26.3 Å². The maximum absolute atomic E-state index is 14.5. The molecule has 0 saturated carbocycles. The molecule has 0 radical (unpaired) electrons. The van der Waals surface area contributed by atoms with Gasteiger partial charge in [-0.1, -0.05) is 81.8 Å².